The third kappa shape index (κ3) is 5.24. The van der Waals surface area contributed by atoms with Crippen LogP contribution in [0.5, 0.6) is 17.2 Å². The molecular weight excluding hydrogens is 334 g/mol. The van der Waals surface area contributed by atoms with E-state index in [2.05, 4.69) is 5.32 Å². The lowest BCUT2D eigenvalue weighted by molar-refractivity contribution is -0.116. The van der Waals surface area contributed by atoms with Gasteiger partial charge < -0.3 is 19.5 Å². The number of carbonyl (C=O) groups excluding carboxylic acids is 2. The zero-order valence-electron chi connectivity index (χ0n) is 15.2. The van der Waals surface area contributed by atoms with Gasteiger partial charge in [0.15, 0.2) is 5.78 Å². The maximum Gasteiger partial charge on any atom is 0.224 e. The Kier molecular flexibility index (Phi) is 7.02. The minimum Gasteiger partial charge on any atom is -0.497 e. The molecule has 2 rings (SSSR count). The monoisotopic (exact) mass is 357 g/mol. The number of hydrogen-bond acceptors (Lipinski definition) is 5. The van der Waals surface area contributed by atoms with Crippen molar-refractivity contribution in [3.8, 4) is 17.2 Å². The summed E-state index contributed by atoms with van der Waals surface area (Å²) in [5.74, 6) is 1.70. The maximum absolute atomic E-state index is 12.1. The molecule has 0 heterocycles. The molecular formula is C20H23NO5. The first-order valence-corrected chi connectivity index (χ1v) is 8.26. The summed E-state index contributed by atoms with van der Waals surface area (Å²) >= 11 is 0. The average molecular weight is 357 g/mol. The first-order valence-electron chi connectivity index (χ1n) is 8.26. The molecule has 1 amide bonds. The number of ketones is 1. The van der Waals surface area contributed by atoms with Gasteiger partial charge in [-0.15, -0.1) is 0 Å². The van der Waals surface area contributed by atoms with E-state index in [0.717, 1.165) is 0 Å². The van der Waals surface area contributed by atoms with Crippen molar-refractivity contribution in [1.29, 1.82) is 0 Å². The molecule has 0 bridgehead atoms. The molecule has 2 aromatic rings. The van der Waals surface area contributed by atoms with Gasteiger partial charge in [-0.2, -0.15) is 0 Å². The lowest BCUT2D eigenvalue weighted by atomic mass is 10.1. The van der Waals surface area contributed by atoms with Crippen molar-refractivity contribution in [1.82, 2.24) is 0 Å². The number of hydrogen-bond donors (Lipinski definition) is 1. The molecule has 0 atom stereocenters. The van der Waals surface area contributed by atoms with Crippen LogP contribution in [0.2, 0.25) is 0 Å². The van der Waals surface area contributed by atoms with Crippen LogP contribution in [-0.2, 0) is 4.79 Å². The second-order valence-corrected chi connectivity index (χ2v) is 5.62. The molecule has 138 valence electrons. The molecule has 0 aliphatic rings. The predicted octanol–water partition coefficient (Wildman–Crippen LogP) is 3.70. The Hall–Kier alpha value is -3.02. The molecule has 0 spiro atoms. The number of ether oxygens (including phenoxy) is 3. The number of Topliss-reactive ketones (excluding diaryl/α,β-unsaturated/α-hetero) is 1. The first-order chi connectivity index (χ1) is 12.6. The van der Waals surface area contributed by atoms with Crippen molar-refractivity contribution >= 4 is 17.4 Å². The molecule has 0 unspecified atom stereocenters. The van der Waals surface area contributed by atoms with Gasteiger partial charge in [0.2, 0.25) is 5.91 Å². The number of methoxy groups -OCH3 is 3. The van der Waals surface area contributed by atoms with Crippen molar-refractivity contribution in [2.24, 2.45) is 0 Å². The van der Waals surface area contributed by atoms with Gasteiger partial charge in [-0.25, -0.2) is 0 Å². The van der Waals surface area contributed by atoms with Gasteiger partial charge in [-0.05, 0) is 42.8 Å². The average Bonchev–Trinajstić information content (AvgIpc) is 2.68. The Morgan fingerprint density at radius 2 is 1.50 bits per heavy atom. The van der Waals surface area contributed by atoms with Crippen molar-refractivity contribution in [2.45, 2.75) is 19.3 Å². The molecule has 0 aliphatic carbocycles. The minimum atomic E-state index is -0.170. The fourth-order valence-corrected chi connectivity index (χ4v) is 2.45. The highest BCUT2D eigenvalue weighted by atomic mass is 16.5. The Balaban J connectivity index is 1.84. The van der Waals surface area contributed by atoms with Crippen LogP contribution in [0.15, 0.2) is 42.5 Å². The summed E-state index contributed by atoms with van der Waals surface area (Å²) < 4.78 is 15.4. The number of anilines is 1. The zero-order chi connectivity index (χ0) is 18.9. The molecule has 0 aromatic heterocycles. The normalized spacial score (nSPS) is 10.1. The molecule has 0 aliphatic heterocycles. The van der Waals surface area contributed by atoms with Crippen molar-refractivity contribution in [3.63, 3.8) is 0 Å². The number of nitrogens with one attached hydrogen (secondary N) is 1. The topological polar surface area (TPSA) is 73.9 Å². The number of amides is 1. The van der Waals surface area contributed by atoms with Gasteiger partial charge in [0.05, 0.1) is 27.0 Å². The van der Waals surface area contributed by atoms with E-state index in [-0.39, 0.29) is 18.1 Å². The van der Waals surface area contributed by atoms with E-state index >= 15 is 0 Å². The van der Waals surface area contributed by atoms with E-state index in [1.165, 1.54) is 7.11 Å². The summed E-state index contributed by atoms with van der Waals surface area (Å²) in [5, 5.41) is 2.79. The summed E-state index contributed by atoms with van der Waals surface area (Å²) in [5.41, 5.74) is 1.18. The number of benzene rings is 2. The van der Waals surface area contributed by atoms with Crippen LogP contribution < -0.4 is 19.5 Å². The van der Waals surface area contributed by atoms with Crippen LogP contribution in [0.4, 0.5) is 5.69 Å². The Morgan fingerprint density at radius 3 is 2.12 bits per heavy atom. The second-order valence-electron chi connectivity index (χ2n) is 5.62. The molecule has 26 heavy (non-hydrogen) atoms. The van der Waals surface area contributed by atoms with Crippen molar-refractivity contribution in [2.75, 3.05) is 26.6 Å². The van der Waals surface area contributed by atoms with Crippen LogP contribution in [0.1, 0.15) is 29.6 Å². The molecule has 0 fully saturated rings. The fraction of sp³-hybridized carbons (Fsp3) is 0.300. The van der Waals surface area contributed by atoms with Gasteiger partial charge in [0, 0.05) is 24.5 Å². The molecule has 6 nitrogen and oxygen atoms in total. The summed E-state index contributed by atoms with van der Waals surface area (Å²) in [6.45, 7) is 0. The van der Waals surface area contributed by atoms with Crippen LogP contribution >= 0.6 is 0 Å². The largest absolute Gasteiger partial charge is 0.497 e. The van der Waals surface area contributed by atoms with E-state index in [1.807, 2.05) is 0 Å². The minimum absolute atomic E-state index is 0.00230. The van der Waals surface area contributed by atoms with Crippen LogP contribution in [0.3, 0.4) is 0 Å². The van der Waals surface area contributed by atoms with E-state index in [4.69, 9.17) is 14.2 Å². The fourth-order valence-electron chi connectivity index (χ4n) is 2.45. The van der Waals surface area contributed by atoms with Crippen molar-refractivity contribution < 1.29 is 23.8 Å². The third-order valence-corrected chi connectivity index (χ3v) is 3.90. The molecule has 6 heteroatoms. The van der Waals surface area contributed by atoms with Gasteiger partial charge >= 0.3 is 0 Å². The molecule has 1 N–H and O–H groups in total. The van der Waals surface area contributed by atoms with Crippen LogP contribution in [0.25, 0.3) is 0 Å². The lowest BCUT2D eigenvalue weighted by Gasteiger charge is -2.11. The highest BCUT2D eigenvalue weighted by molar-refractivity contribution is 5.97. The summed E-state index contributed by atoms with van der Waals surface area (Å²) in [7, 11) is 4.66. The molecule has 0 radical (unpaired) electrons. The smallest absolute Gasteiger partial charge is 0.224 e. The van der Waals surface area contributed by atoms with E-state index in [9.17, 15) is 9.59 Å². The number of carbonyl (C=O) groups is 2. The quantitative estimate of drug-likeness (QED) is 0.693. The predicted molar refractivity (Wildman–Crippen MR) is 99.4 cm³/mol. The van der Waals surface area contributed by atoms with Crippen LogP contribution in [-0.4, -0.2) is 33.0 Å². The summed E-state index contributed by atoms with van der Waals surface area (Å²) in [4.78, 5) is 24.3. The standard InChI is InChI=1S/C20H23NO5/c1-24-15-9-7-14(8-10-15)18(22)5-4-6-20(23)21-17-12-11-16(25-2)13-19(17)26-3/h7-13H,4-6H2,1-3H3,(H,21,23). The zero-order valence-corrected chi connectivity index (χ0v) is 15.2. The van der Waals surface area contributed by atoms with Gasteiger partial charge in [-0.1, -0.05) is 0 Å². The second kappa shape index (κ2) is 9.46. The van der Waals surface area contributed by atoms with Gasteiger partial charge in [-0.3, -0.25) is 9.59 Å². The highest BCUT2D eigenvalue weighted by Gasteiger charge is 2.11. The van der Waals surface area contributed by atoms with E-state index < -0.39 is 0 Å². The Labute approximate surface area is 153 Å². The third-order valence-electron chi connectivity index (χ3n) is 3.90. The lowest BCUT2D eigenvalue weighted by Crippen LogP contribution is -2.12. The summed E-state index contributed by atoms with van der Waals surface area (Å²) in [6, 6.07) is 12.1. The number of rotatable bonds is 9. The van der Waals surface area contributed by atoms with Crippen LogP contribution in [0, 0.1) is 0 Å². The molecule has 2 aromatic carbocycles. The van der Waals surface area contributed by atoms with Crippen molar-refractivity contribution in [3.05, 3.63) is 48.0 Å². The first kappa shape index (κ1) is 19.3. The Bertz CT molecular complexity index is 755. The summed E-state index contributed by atoms with van der Waals surface area (Å²) in [6.07, 6.45) is 1.02. The van der Waals surface area contributed by atoms with E-state index in [0.29, 0.717) is 41.3 Å². The molecule has 0 saturated heterocycles. The SMILES string of the molecule is COc1ccc(C(=O)CCCC(=O)Nc2ccc(OC)cc2OC)cc1. The maximum atomic E-state index is 12.1. The highest BCUT2D eigenvalue weighted by Crippen LogP contribution is 2.29. The van der Waals surface area contributed by atoms with Gasteiger partial charge in [0.25, 0.3) is 0 Å². The van der Waals surface area contributed by atoms with Gasteiger partial charge in [0.1, 0.15) is 17.2 Å². The molecule has 0 saturated carbocycles. The van der Waals surface area contributed by atoms with E-state index in [1.54, 1.807) is 56.7 Å². The Morgan fingerprint density at radius 1 is 0.846 bits per heavy atom.